The van der Waals surface area contributed by atoms with Gasteiger partial charge in [-0.3, -0.25) is 0 Å². The molecule has 1 N–H and O–H groups in total. The van der Waals surface area contributed by atoms with E-state index in [9.17, 15) is 0 Å². The number of nitrogens with one attached hydrogen (secondary N) is 1. The lowest BCUT2D eigenvalue weighted by Crippen LogP contribution is -2.28. The molecule has 0 amide bonds. The van der Waals surface area contributed by atoms with Crippen molar-refractivity contribution in [1.29, 1.82) is 0 Å². The lowest BCUT2D eigenvalue weighted by molar-refractivity contribution is 0.258. The van der Waals surface area contributed by atoms with Crippen LogP contribution in [0, 0.1) is 18.8 Å². The molecule has 1 aromatic rings. The van der Waals surface area contributed by atoms with E-state index in [0.29, 0.717) is 6.04 Å². The summed E-state index contributed by atoms with van der Waals surface area (Å²) in [4.78, 5) is 0. The smallest absolute Gasteiger partial charge is 0.0291 e. The van der Waals surface area contributed by atoms with E-state index in [4.69, 9.17) is 0 Å². The van der Waals surface area contributed by atoms with E-state index in [1.54, 1.807) is 0 Å². The van der Waals surface area contributed by atoms with Gasteiger partial charge in [0.2, 0.25) is 0 Å². The van der Waals surface area contributed by atoms with Crippen LogP contribution in [0.3, 0.4) is 0 Å². The van der Waals surface area contributed by atoms with Gasteiger partial charge < -0.3 is 5.32 Å². The molecule has 1 fully saturated rings. The van der Waals surface area contributed by atoms with E-state index < -0.39 is 0 Å². The van der Waals surface area contributed by atoms with Gasteiger partial charge in [0.15, 0.2) is 0 Å². The molecular weight excluding hydrogens is 230 g/mol. The number of hydrogen-bond donors (Lipinski definition) is 1. The first kappa shape index (κ1) is 14.6. The van der Waals surface area contributed by atoms with Gasteiger partial charge in [-0.05, 0) is 50.6 Å². The van der Waals surface area contributed by atoms with Crippen molar-refractivity contribution in [2.45, 2.75) is 58.9 Å². The van der Waals surface area contributed by atoms with Crippen LogP contribution in [0.1, 0.15) is 63.1 Å². The van der Waals surface area contributed by atoms with Crippen LogP contribution in [-0.4, -0.2) is 6.54 Å². The Kier molecular flexibility index (Phi) is 5.45. The molecule has 0 aromatic heterocycles. The Labute approximate surface area is 118 Å². The van der Waals surface area contributed by atoms with Gasteiger partial charge in [-0.1, -0.05) is 56.0 Å². The topological polar surface area (TPSA) is 12.0 Å². The first-order chi connectivity index (χ1) is 9.19. The molecule has 0 heterocycles. The largest absolute Gasteiger partial charge is 0.310 e. The third kappa shape index (κ3) is 4.35. The molecule has 1 saturated carbocycles. The fraction of sp³-hybridized carbons (Fsp3) is 0.667. The minimum absolute atomic E-state index is 0.476. The number of aryl methyl sites for hydroxylation is 1. The van der Waals surface area contributed by atoms with E-state index in [2.05, 4.69) is 50.4 Å². The summed E-state index contributed by atoms with van der Waals surface area (Å²) in [7, 11) is 0. The maximum absolute atomic E-state index is 3.72. The molecule has 1 atom stereocenters. The highest BCUT2D eigenvalue weighted by atomic mass is 14.9. The van der Waals surface area contributed by atoms with Crippen LogP contribution in [0.15, 0.2) is 24.3 Å². The van der Waals surface area contributed by atoms with Crippen molar-refractivity contribution in [3.63, 3.8) is 0 Å². The molecule has 0 aliphatic heterocycles. The summed E-state index contributed by atoms with van der Waals surface area (Å²) in [5.74, 6) is 1.90. The monoisotopic (exact) mass is 259 g/mol. The number of benzene rings is 1. The quantitative estimate of drug-likeness (QED) is 0.796. The highest BCUT2D eigenvalue weighted by Gasteiger charge is 2.20. The Hall–Kier alpha value is -0.820. The zero-order valence-corrected chi connectivity index (χ0v) is 12.8. The van der Waals surface area contributed by atoms with Crippen molar-refractivity contribution >= 4 is 0 Å². The second-order valence-electron chi connectivity index (χ2n) is 6.34. The van der Waals surface area contributed by atoms with Crippen molar-refractivity contribution in [1.82, 2.24) is 5.32 Å². The molecule has 1 nitrogen and oxygen atoms in total. The van der Waals surface area contributed by atoms with Crippen molar-refractivity contribution in [2.75, 3.05) is 6.54 Å². The summed E-state index contributed by atoms with van der Waals surface area (Å²) in [5.41, 5.74) is 2.75. The fourth-order valence-electron chi connectivity index (χ4n) is 3.16. The molecule has 1 heteroatoms. The van der Waals surface area contributed by atoms with Crippen molar-refractivity contribution in [3.8, 4) is 0 Å². The zero-order chi connectivity index (χ0) is 13.7. The predicted octanol–water partition coefficient (Wildman–Crippen LogP) is 4.86. The van der Waals surface area contributed by atoms with Gasteiger partial charge >= 0.3 is 0 Å². The van der Waals surface area contributed by atoms with E-state index >= 15 is 0 Å². The molecule has 2 rings (SSSR count). The SMILES string of the molecule is CCC1CCC(CNC(C)c2ccc(C)cc2)CC1. The Balaban J connectivity index is 1.75. The fourth-order valence-corrected chi connectivity index (χ4v) is 3.16. The molecule has 0 spiro atoms. The molecule has 19 heavy (non-hydrogen) atoms. The van der Waals surface area contributed by atoms with Crippen molar-refractivity contribution < 1.29 is 0 Å². The summed E-state index contributed by atoms with van der Waals surface area (Å²) < 4.78 is 0. The molecule has 1 aromatic carbocycles. The molecule has 0 saturated heterocycles. The normalized spacial score (nSPS) is 25.2. The molecule has 1 aliphatic rings. The Morgan fingerprint density at radius 1 is 1.05 bits per heavy atom. The van der Waals surface area contributed by atoms with Crippen LogP contribution >= 0.6 is 0 Å². The first-order valence-electron chi connectivity index (χ1n) is 7.99. The molecular formula is C18H29N. The zero-order valence-electron chi connectivity index (χ0n) is 12.8. The Morgan fingerprint density at radius 3 is 2.21 bits per heavy atom. The minimum atomic E-state index is 0.476. The minimum Gasteiger partial charge on any atom is -0.310 e. The number of hydrogen-bond acceptors (Lipinski definition) is 1. The molecule has 0 radical (unpaired) electrons. The van der Waals surface area contributed by atoms with Crippen LogP contribution in [0.4, 0.5) is 0 Å². The van der Waals surface area contributed by atoms with Gasteiger partial charge in [0.1, 0.15) is 0 Å². The maximum atomic E-state index is 3.72. The van der Waals surface area contributed by atoms with E-state index in [1.165, 1.54) is 49.8 Å². The molecule has 1 unspecified atom stereocenters. The molecule has 106 valence electrons. The van der Waals surface area contributed by atoms with Gasteiger partial charge in [0, 0.05) is 6.04 Å². The van der Waals surface area contributed by atoms with E-state index in [0.717, 1.165) is 11.8 Å². The van der Waals surface area contributed by atoms with Gasteiger partial charge in [-0.2, -0.15) is 0 Å². The Bertz CT molecular complexity index is 360. The van der Waals surface area contributed by atoms with E-state index in [1.807, 2.05) is 0 Å². The summed E-state index contributed by atoms with van der Waals surface area (Å²) in [6, 6.07) is 9.39. The predicted molar refractivity (Wildman–Crippen MR) is 83.3 cm³/mol. The third-order valence-electron chi connectivity index (χ3n) is 4.83. The number of rotatable bonds is 5. The summed E-state index contributed by atoms with van der Waals surface area (Å²) in [6.07, 6.45) is 7.11. The van der Waals surface area contributed by atoms with Crippen molar-refractivity contribution in [3.05, 3.63) is 35.4 Å². The second-order valence-corrected chi connectivity index (χ2v) is 6.34. The average molecular weight is 259 g/mol. The van der Waals surface area contributed by atoms with Crippen molar-refractivity contribution in [2.24, 2.45) is 11.8 Å². The second kappa shape index (κ2) is 7.09. The summed E-state index contributed by atoms with van der Waals surface area (Å²) in [6.45, 7) is 7.95. The van der Waals surface area contributed by atoms with Crippen LogP contribution in [0.25, 0.3) is 0 Å². The summed E-state index contributed by atoms with van der Waals surface area (Å²) in [5, 5.41) is 3.72. The van der Waals surface area contributed by atoms with E-state index in [-0.39, 0.29) is 0 Å². The van der Waals surface area contributed by atoms with Gasteiger partial charge in [-0.15, -0.1) is 0 Å². The summed E-state index contributed by atoms with van der Waals surface area (Å²) >= 11 is 0. The lowest BCUT2D eigenvalue weighted by atomic mass is 9.81. The molecule has 0 bridgehead atoms. The first-order valence-corrected chi connectivity index (χ1v) is 7.99. The molecule has 1 aliphatic carbocycles. The third-order valence-corrected chi connectivity index (χ3v) is 4.83. The van der Waals surface area contributed by atoms with Crippen LogP contribution in [0.2, 0.25) is 0 Å². The Morgan fingerprint density at radius 2 is 1.63 bits per heavy atom. The average Bonchev–Trinajstić information content (AvgIpc) is 2.46. The van der Waals surface area contributed by atoms with Gasteiger partial charge in [-0.25, -0.2) is 0 Å². The van der Waals surface area contributed by atoms with Gasteiger partial charge in [0.05, 0.1) is 0 Å². The van der Waals surface area contributed by atoms with Crippen LogP contribution < -0.4 is 5.32 Å². The van der Waals surface area contributed by atoms with Crippen LogP contribution in [0.5, 0.6) is 0 Å². The highest BCUT2D eigenvalue weighted by Crippen LogP contribution is 2.30. The lowest BCUT2D eigenvalue weighted by Gasteiger charge is -2.29. The van der Waals surface area contributed by atoms with Crippen LogP contribution in [-0.2, 0) is 0 Å². The van der Waals surface area contributed by atoms with Gasteiger partial charge in [0.25, 0.3) is 0 Å². The standard InChI is InChI=1S/C18H29N/c1-4-16-7-9-17(10-8-16)13-19-15(3)18-11-5-14(2)6-12-18/h5-6,11-12,15-17,19H,4,7-10,13H2,1-3H3. The maximum Gasteiger partial charge on any atom is 0.0291 e. The highest BCUT2D eigenvalue weighted by molar-refractivity contribution is 5.23.